The van der Waals surface area contributed by atoms with Crippen molar-refractivity contribution in [2.75, 3.05) is 13.2 Å². The van der Waals surface area contributed by atoms with Gasteiger partial charge < -0.3 is 14.6 Å². The molecule has 0 aromatic heterocycles. The predicted molar refractivity (Wildman–Crippen MR) is 72.2 cm³/mol. The molecule has 1 aromatic carbocycles. The Bertz CT molecular complexity index is 519. The molecule has 1 aliphatic rings. The molecule has 110 valence electrons. The highest BCUT2D eigenvalue weighted by atomic mass is 19.1. The summed E-state index contributed by atoms with van der Waals surface area (Å²) < 4.78 is 25.5. The molecule has 5 heteroatoms. The number of ether oxygens (including phenoxy) is 2. The van der Waals surface area contributed by atoms with E-state index < -0.39 is 17.6 Å². The van der Waals surface area contributed by atoms with E-state index in [4.69, 9.17) is 9.47 Å². The summed E-state index contributed by atoms with van der Waals surface area (Å²) in [5.41, 5.74) is -0.894. The van der Waals surface area contributed by atoms with Gasteiger partial charge in [-0.25, -0.2) is 4.39 Å². The van der Waals surface area contributed by atoms with E-state index in [0.29, 0.717) is 35.8 Å². The number of hydrogen-bond donors (Lipinski definition) is 1. The standard InChI is InChI=1S/C15H19FO4/c1-9(14(17)18)10-7-12-13(20-6-4-5-19-12)8-11(10)15(2,3)16/h7-9H,4-6H2,1-3H3,(H,17,18). The molecule has 1 aliphatic heterocycles. The SMILES string of the molecule is CC(C(=O)O)c1cc2c(cc1C(C)(C)F)OCCCO2. The molecule has 0 saturated heterocycles. The Morgan fingerprint density at radius 2 is 1.85 bits per heavy atom. The van der Waals surface area contributed by atoms with E-state index in [-0.39, 0.29) is 0 Å². The van der Waals surface area contributed by atoms with Crippen molar-refractivity contribution in [3.05, 3.63) is 23.3 Å². The Kier molecular flexibility index (Phi) is 3.88. The van der Waals surface area contributed by atoms with E-state index in [1.54, 1.807) is 12.1 Å². The van der Waals surface area contributed by atoms with Crippen molar-refractivity contribution in [2.24, 2.45) is 0 Å². The fourth-order valence-electron chi connectivity index (χ4n) is 2.23. The number of carbonyl (C=O) groups is 1. The zero-order valence-electron chi connectivity index (χ0n) is 11.9. The van der Waals surface area contributed by atoms with Gasteiger partial charge in [0.2, 0.25) is 0 Å². The Labute approximate surface area is 117 Å². The van der Waals surface area contributed by atoms with Crippen LogP contribution in [0, 0.1) is 0 Å². The maximum atomic E-state index is 14.4. The van der Waals surface area contributed by atoms with Crippen molar-refractivity contribution in [1.29, 1.82) is 0 Å². The fourth-order valence-corrected chi connectivity index (χ4v) is 2.23. The van der Waals surface area contributed by atoms with Gasteiger partial charge in [-0.1, -0.05) is 0 Å². The van der Waals surface area contributed by atoms with Gasteiger partial charge >= 0.3 is 5.97 Å². The number of benzene rings is 1. The molecule has 0 radical (unpaired) electrons. The third-order valence-electron chi connectivity index (χ3n) is 3.40. The van der Waals surface area contributed by atoms with Gasteiger partial charge in [-0.05, 0) is 44.0 Å². The molecule has 1 heterocycles. The molecule has 1 atom stereocenters. The lowest BCUT2D eigenvalue weighted by molar-refractivity contribution is -0.138. The van der Waals surface area contributed by atoms with E-state index in [2.05, 4.69) is 0 Å². The smallest absolute Gasteiger partial charge is 0.310 e. The quantitative estimate of drug-likeness (QED) is 0.924. The van der Waals surface area contributed by atoms with Crippen LogP contribution in [0.3, 0.4) is 0 Å². The van der Waals surface area contributed by atoms with Gasteiger partial charge in [0.1, 0.15) is 5.67 Å². The van der Waals surface area contributed by atoms with Crippen LogP contribution in [-0.4, -0.2) is 24.3 Å². The van der Waals surface area contributed by atoms with Crippen molar-refractivity contribution in [1.82, 2.24) is 0 Å². The van der Waals surface area contributed by atoms with Crippen molar-refractivity contribution in [2.45, 2.75) is 38.8 Å². The lowest BCUT2D eigenvalue weighted by atomic mass is 9.87. The second-order valence-electron chi connectivity index (χ2n) is 5.47. The molecular formula is C15H19FO4. The third-order valence-corrected chi connectivity index (χ3v) is 3.40. The highest BCUT2D eigenvalue weighted by Gasteiger charge is 2.30. The first-order chi connectivity index (χ1) is 9.30. The highest BCUT2D eigenvalue weighted by molar-refractivity contribution is 5.77. The van der Waals surface area contributed by atoms with Crippen LogP contribution in [0.2, 0.25) is 0 Å². The summed E-state index contributed by atoms with van der Waals surface area (Å²) in [5, 5.41) is 9.19. The highest BCUT2D eigenvalue weighted by Crippen LogP contribution is 2.40. The Morgan fingerprint density at radius 3 is 2.35 bits per heavy atom. The van der Waals surface area contributed by atoms with Crippen LogP contribution >= 0.6 is 0 Å². The average Bonchev–Trinajstić information content (AvgIpc) is 2.59. The van der Waals surface area contributed by atoms with E-state index in [9.17, 15) is 14.3 Å². The molecule has 1 aromatic rings. The maximum absolute atomic E-state index is 14.4. The van der Waals surface area contributed by atoms with Crippen LogP contribution in [0.25, 0.3) is 0 Å². The van der Waals surface area contributed by atoms with E-state index in [1.807, 2.05) is 0 Å². The second kappa shape index (κ2) is 5.31. The summed E-state index contributed by atoms with van der Waals surface area (Å²) in [4.78, 5) is 11.2. The Balaban J connectivity index is 2.58. The van der Waals surface area contributed by atoms with Crippen LogP contribution in [0.1, 0.15) is 44.2 Å². The lowest BCUT2D eigenvalue weighted by Crippen LogP contribution is -2.18. The largest absolute Gasteiger partial charge is 0.490 e. The molecule has 4 nitrogen and oxygen atoms in total. The molecule has 0 spiro atoms. The van der Waals surface area contributed by atoms with Gasteiger partial charge in [0.15, 0.2) is 11.5 Å². The molecule has 0 fully saturated rings. The van der Waals surface area contributed by atoms with Crippen molar-refractivity contribution in [3.63, 3.8) is 0 Å². The summed E-state index contributed by atoms with van der Waals surface area (Å²) in [7, 11) is 0. The molecule has 1 unspecified atom stereocenters. The fraction of sp³-hybridized carbons (Fsp3) is 0.533. The normalized spacial score (nSPS) is 16.4. The second-order valence-corrected chi connectivity index (χ2v) is 5.47. The summed E-state index contributed by atoms with van der Waals surface area (Å²) in [6.07, 6.45) is 0.743. The molecule has 0 amide bonds. The van der Waals surface area contributed by atoms with Crippen LogP contribution in [-0.2, 0) is 10.5 Å². The molecular weight excluding hydrogens is 263 g/mol. The number of hydrogen-bond acceptors (Lipinski definition) is 3. The van der Waals surface area contributed by atoms with Crippen LogP contribution < -0.4 is 9.47 Å². The maximum Gasteiger partial charge on any atom is 0.310 e. The summed E-state index contributed by atoms with van der Waals surface area (Å²) in [5.74, 6) is -0.842. The minimum atomic E-state index is -1.65. The summed E-state index contributed by atoms with van der Waals surface area (Å²) in [6, 6.07) is 3.16. The predicted octanol–water partition coefficient (Wildman–Crippen LogP) is 3.24. The van der Waals surface area contributed by atoms with Crippen LogP contribution in [0.5, 0.6) is 11.5 Å². The monoisotopic (exact) mass is 282 g/mol. The van der Waals surface area contributed by atoms with Gasteiger partial charge in [-0.15, -0.1) is 0 Å². The van der Waals surface area contributed by atoms with Crippen molar-refractivity contribution >= 4 is 5.97 Å². The first kappa shape index (κ1) is 14.6. The van der Waals surface area contributed by atoms with Crippen molar-refractivity contribution < 1.29 is 23.8 Å². The van der Waals surface area contributed by atoms with E-state index >= 15 is 0 Å². The third kappa shape index (κ3) is 2.86. The molecule has 0 aliphatic carbocycles. The first-order valence-corrected chi connectivity index (χ1v) is 6.66. The number of rotatable bonds is 3. The Hall–Kier alpha value is -1.78. The van der Waals surface area contributed by atoms with Gasteiger partial charge in [0, 0.05) is 6.42 Å². The summed E-state index contributed by atoms with van der Waals surface area (Å²) in [6.45, 7) is 5.37. The minimum Gasteiger partial charge on any atom is -0.490 e. The molecule has 2 rings (SSSR count). The number of carboxylic acid groups (broad SMARTS) is 1. The van der Waals surface area contributed by atoms with E-state index in [1.165, 1.54) is 20.8 Å². The van der Waals surface area contributed by atoms with Gasteiger partial charge in [0.25, 0.3) is 0 Å². The molecule has 0 saturated carbocycles. The van der Waals surface area contributed by atoms with Gasteiger partial charge in [0.05, 0.1) is 19.1 Å². The number of alkyl halides is 1. The molecule has 20 heavy (non-hydrogen) atoms. The van der Waals surface area contributed by atoms with Crippen molar-refractivity contribution in [3.8, 4) is 11.5 Å². The number of aliphatic carboxylic acids is 1. The summed E-state index contributed by atoms with van der Waals surface area (Å²) >= 11 is 0. The van der Waals surface area contributed by atoms with E-state index in [0.717, 1.165) is 6.42 Å². The first-order valence-electron chi connectivity index (χ1n) is 6.66. The van der Waals surface area contributed by atoms with Gasteiger partial charge in [-0.2, -0.15) is 0 Å². The van der Waals surface area contributed by atoms with Crippen LogP contribution in [0.4, 0.5) is 4.39 Å². The van der Waals surface area contributed by atoms with Gasteiger partial charge in [-0.3, -0.25) is 4.79 Å². The minimum absolute atomic E-state index is 0.330. The zero-order chi connectivity index (χ0) is 14.9. The topological polar surface area (TPSA) is 55.8 Å². The van der Waals surface area contributed by atoms with Crippen LogP contribution in [0.15, 0.2) is 12.1 Å². The Morgan fingerprint density at radius 1 is 1.30 bits per heavy atom. The molecule has 0 bridgehead atoms. The lowest BCUT2D eigenvalue weighted by Gasteiger charge is -2.23. The number of halogens is 1. The number of carboxylic acids is 1. The average molecular weight is 282 g/mol. The zero-order valence-corrected chi connectivity index (χ0v) is 11.9. The number of fused-ring (bicyclic) bond motifs is 1. The molecule has 1 N–H and O–H groups in total.